The Kier molecular flexibility index (Phi) is 187. The molecule has 0 aliphatic carbocycles. The van der Waals surface area contributed by atoms with Gasteiger partial charge in [-0.3, -0.25) is 0 Å². The predicted octanol–water partition coefficient (Wildman–Crippen LogP) is 0.0506. The van der Waals surface area contributed by atoms with Crippen LogP contribution < -0.4 is 0 Å². The van der Waals surface area contributed by atoms with Crippen LogP contribution in [0.4, 0.5) is 0 Å². The average Bonchev–Trinajstić information content (AvgIpc) is 0. The van der Waals surface area contributed by atoms with Gasteiger partial charge in [0.1, 0.15) is 0 Å². The van der Waals surface area contributed by atoms with Crippen molar-refractivity contribution in [3.05, 3.63) is 0 Å². The molecule has 0 aromatic heterocycles. The molecule has 0 saturated heterocycles. The summed E-state index contributed by atoms with van der Waals surface area (Å²) in [6.45, 7) is 0. The predicted molar refractivity (Wildman–Crippen MR) is 11.1 cm³/mol. The van der Waals surface area contributed by atoms with E-state index in [1.54, 1.807) is 0 Å². The molecule has 0 rings (SSSR count). The summed E-state index contributed by atoms with van der Waals surface area (Å²) in [5, 5.41) is 0. The standard InChI is InChI=1S/2Ni.H3P.V/h;;1H3;. The van der Waals surface area contributed by atoms with Gasteiger partial charge in [-0.15, -0.1) is 0 Å². The van der Waals surface area contributed by atoms with Crippen molar-refractivity contribution in [2.24, 2.45) is 0 Å². The molecular formula is H3Ni2PV. The second-order valence-corrected chi connectivity index (χ2v) is 0. The molecule has 0 nitrogen and oxygen atoms in total. The topological polar surface area (TPSA) is 0 Å². The summed E-state index contributed by atoms with van der Waals surface area (Å²) < 4.78 is 0. The summed E-state index contributed by atoms with van der Waals surface area (Å²) in [7, 11) is 0. The molecule has 0 aromatic carbocycles. The van der Waals surface area contributed by atoms with Gasteiger partial charge in [-0.05, 0) is 0 Å². The van der Waals surface area contributed by atoms with E-state index in [0.29, 0.717) is 0 Å². The number of hydrogen-bond donors (Lipinski definition) is 0. The van der Waals surface area contributed by atoms with Crippen molar-refractivity contribution in [1.29, 1.82) is 0 Å². The van der Waals surface area contributed by atoms with Gasteiger partial charge in [0.05, 0.1) is 0 Å². The van der Waals surface area contributed by atoms with E-state index in [0.717, 1.165) is 0 Å². The molecular weight excluding hydrogens is 199 g/mol. The summed E-state index contributed by atoms with van der Waals surface area (Å²) in [5.74, 6) is 0. The van der Waals surface area contributed by atoms with Crippen LogP contribution in [-0.2, 0) is 51.5 Å². The minimum atomic E-state index is 0. The first-order valence-corrected chi connectivity index (χ1v) is 0. The molecule has 1 radical (unpaired) electrons. The molecule has 0 aliphatic heterocycles. The second kappa shape index (κ2) is 20.0. The van der Waals surface area contributed by atoms with Crippen LogP contribution in [0.2, 0.25) is 0 Å². The van der Waals surface area contributed by atoms with Crippen LogP contribution in [0.1, 0.15) is 0 Å². The summed E-state index contributed by atoms with van der Waals surface area (Å²) in [6.07, 6.45) is 0. The molecule has 1 atom stereocenters. The third kappa shape index (κ3) is 9.00. The fraction of sp³-hybridized carbons (Fsp3) is 0. The first-order chi connectivity index (χ1) is 0. The molecule has 0 spiro atoms. The van der Waals surface area contributed by atoms with E-state index in [1.807, 2.05) is 0 Å². The molecule has 0 bridgehead atoms. The van der Waals surface area contributed by atoms with Crippen LogP contribution in [0, 0.1) is 0 Å². The molecule has 0 aliphatic rings. The van der Waals surface area contributed by atoms with E-state index in [-0.39, 0.29) is 61.4 Å². The molecule has 0 fully saturated rings. The zero-order valence-electron chi connectivity index (χ0n) is 1.79. The molecule has 0 aromatic rings. The Balaban J connectivity index is 0. The molecule has 0 saturated carbocycles. The van der Waals surface area contributed by atoms with Crippen LogP contribution in [0.15, 0.2) is 0 Å². The van der Waals surface area contributed by atoms with Crippen molar-refractivity contribution in [3.8, 4) is 0 Å². The Hall–Kier alpha value is 2.00. The van der Waals surface area contributed by atoms with Gasteiger partial charge >= 0.3 is 0 Å². The van der Waals surface area contributed by atoms with Gasteiger partial charge in [0.15, 0.2) is 0 Å². The quantitative estimate of drug-likeness (QED) is 0.385. The summed E-state index contributed by atoms with van der Waals surface area (Å²) in [6, 6.07) is 0. The second-order valence-electron chi connectivity index (χ2n) is 0. The van der Waals surface area contributed by atoms with Gasteiger partial charge in [-0.1, -0.05) is 0 Å². The maximum atomic E-state index is 0. The molecule has 0 amide bonds. The number of rotatable bonds is 0. The van der Waals surface area contributed by atoms with Crippen molar-refractivity contribution in [2.75, 3.05) is 0 Å². The van der Waals surface area contributed by atoms with E-state index in [2.05, 4.69) is 0 Å². The van der Waals surface area contributed by atoms with Crippen molar-refractivity contribution in [1.82, 2.24) is 0 Å². The first kappa shape index (κ1) is 37.5. The Labute approximate surface area is 61.2 Å². The molecule has 0 N–H and O–H groups in total. The summed E-state index contributed by atoms with van der Waals surface area (Å²) in [5.41, 5.74) is 0. The Bertz CT molecular complexity index is 6.00. The van der Waals surface area contributed by atoms with Gasteiger partial charge in [0.2, 0.25) is 0 Å². The minimum absolute atomic E-state index is 0. The van der Waals surface area contributed by atoms with Crippen molar-refractivity contribution >= 4 is 9.90 Å². The Morgan fingerprint density at radius 2 is 0.750 bits per heavy atom. The van der Waals surface area contributed by atoms with Crippen LogP contribution >= 0.6 is 9.90 Å². The van der Waals surface area contributed by atoms with Crippen LogP contribution in [0.3, 0.4) is 0 Å². The van der Waals surface area contributed by atoms with Gasteiger partial charge in [-0.2, -0.15) is 9.90 Å². The van der Waals surface area contributed by atoms with Crippen molar-refractivity contribution in [3.63, 3.8) is 0 Å². The Morgan fingerprint density at radius 3 is 0.750 bits per heavy atom. The average molecular weight is 202 g/mol. The maximum absolute atomic E-state index is 0. The normalized spacial score (nSPS) is 0. The summed E-state index contributed by atoms with van der Waals surface area (Å²) >= 11 is 0. The molecule has 0 heterocycles. The maximum Gasteiger partial charge on any atom is 0 e. The van der Waals surface area contributed by atoms with E-state index in [1.165, 1.54) is 0 Å². The van der Waals surface area contributed by atoms with Crippen LogP contribution in [-0.4, -0.2) is 0 Å². The molecule has 4 heavy (non-hydrogen) atoms. The van der Waals surface area contributed by atoms with Crippen LogP contribution in [0.25, 0.3) is 0 Å². The van der Waals surface area contributed by atoms with Gasteiger partial charge in [-0.25, -0.2) is 0 Å². The molecule has 1 unspecified atom stereocenters. The van der Waals surface area contributed by atoms with Crippen molar-refractivity contribution < 1.29 is 51.5 Å². The third-order valence-electron chi connectivity index (χ3n) is 0. The minimum Gasteiger partial charge on any atom is -0.153 e. The molecule has 4 heteroatoms. The fourth-order valence-electron chi connectivity index (χ4n) is 0. The third-order valence-corrected chi connectivity index (χ3v) is 0. The number of hydrogen-bond acceptors (Lipinski definition) is 0. The smallest absolute Gasteiger partial charge is 0 e. The van der Waals surface area contributed by atoms with Crippen molar-refractivity contribution in [2.45, 2.75) is 0 Å². The Morgan fingerprint density at radius 1 is 0.750 bits per heavy atom. The first-order valence-electron chi connectivity index (χ1n) is 0. The zero-order valence-corrected chi connectivity index (χ0v) is 6.57. The van der Waals surface area contributed by atoms with E-state index < -0.39 is 0 Å². The van der Waals surface area contributed by atoms with E-state index >= 15 is 0 Å². The van der Waals surface area contributed by atoms with E-state index in [4.69, 9.17) is 0 Å². The summed E-state index contributed by atoms with van der Waals surface area (Å²) in [4.78, 5) is 0. The van der Waals surface area contributed by atoms with Gasteiger partial charge in [0, 0.05) is 51.5 Å². The molecule has 33 valence electrons. The zero-order chi connectivity index (χ0) is 0. The van der Waals surface area contributed by atoms with Crippen LogP contribution in [0.5, 0.6) is 0 Å². The van der Waals surface area contributed by atoms with Gasteiger partial charge in [0.25, 0.3) is 0 Å². The largest absolute Gasteiger partial charge is 0.153 e. The van der Waals surface area contributed by atoms with E-state index in [9.17, 15) is 0 Å². The SMILES string of the molecule is P.[Ni].[Ni].[V]. The monoisotopic (exact) mass is 201 g/mol. The fourth-order valence-corrected chi connectivity index (χ4v) is 0. The van der Waals surface area contributed by atoms with Gasteiger partial charge < -0.3 is 0 Å².